The second-order valence-corrected chi connectivity index (χ2v) is 4.34. The third kappa shape index (κ3) is 2.26. The molecule has 1 aliphatic rings. The number of rotatable bonds is 2. The van der Waals surface area contributed by atoms with Crippen LogP contribution in [0.5, 0.6) is 0 Å². The van der Waals surface area contributed by atoms with E-state index in [2.05, 4.69) is 12.6 Å². The Hall–Kier alpha value is -1.17. The Morgan fingerprint density at radius 1 is 1.35 bits per heavy atom. The van der Waals surface area contributed by atoms with E-state index in [1.54, 1.807) is 0 Å². The van der Waals surface area contributed by atoms with Crippen LogP contribution in [0.25, 0.3) is 0 Å². The zero-order valence-corrected chi connectivity index (χ0v) is 9.68. The number of halogens is 3. The highest BCUT2D eigenvalue weighted by atomic mass is 32.1. The molecule has 0 radical (unpaired) electrons. The zero-order chi connectivity index (χ0) is 12.6. The first kappa shape index (κ1) is 12.3. The molecule has 1 unspecified atom stereocenters. The fourth-order valence-corrected chi connectivity index (χ4v) is 2.12. The number of nitrogens with zero attached hydrogens (tertiary/aromatic N) is 1. The lowest BCUT2D eigenvalue weighted by atomic mass is 10.1. The van der Waals surface area contributed by atoms with Gasteiger partial charge in [-0.2, -0.15) is 12.6 Å². The van der Waals surface area contributed by atoms with Gasteiger partial charge >= 0.3 is 0 Å². The number of carbonyl (C=O) groups is 1. The van der Waals surface area contributed by atoms with Gasteiger partial charge in [0.1, 0.15) is 5.82 Å². The van der Waals surface area contributed by atoms with Crippen LogP contribution in [0.4, 0.5) is 18.9 Å². The van der Waals surface area contributed by atoms with Crippen LogP contribution in [0.15, 0.2) is 12.1 Å². The molecule has 0 bridgehead atoms. The highest BCUT2D eigenvalue weighted by Crippen LogP contribution is 2.29. The molecule has 1 amide bonds. The summed E-state index contributed by atoms with van der Waals surface area (Å²) in [5.74, 6) is -3.27. The minimum atomic E-state index is -1.29. The molecule has 0 aromatic heterocycles. The minimum Gasteiger partial charge on any atom is -0.309 e. The van der Waals surface area contributed by atoms with Gasteiger partial charge < -0.3 is 4.90 Å². The molecule has 17 heavy (non-hydrogen) atoms. The molecular formula is C11H10F3NOS. The summed E-state index contributed by atoms with van der Waals surface area (Å²) in [7, 11) is 0. The van der Waals surface area contributed by atoms with Crippen LogP contribution in [0.3, 0.4) is 0 Å². The number of hydrogen-bond acceptors (Lipinski definition) is 2. The lowest BCUT2D eigenvalue weighted by Crippen LogP contribution is -2.26. The zero-order valence-electron chi connectivity index (χ0n) is 8.79. The number of hydrogen-bond donors (Lipinski definition) is 1. The van der Waals surface area contributed by atoms with Gasteiger partial charge in [0, 0.05) is 25.1 Å². The molecule has 6 heteroatoms. The van der Waals surface area contributed by atoms with Crippen LogP contribution >= 0.6 is 12.6 Å². The van der Waals surface area contributed by atoms with E-state index in [1.807, 2.05) is 0 Å². The highest BCUT2D eigenvalue weighted by molar-refractivity contribution is 7.80. The van der Waals surface area contributed by atoms with E-state index in [0.29, 0.717) is 11.8 Å². The standard InChI is InChI=1S/C11H10F3NOS/c12-7-2-8(13)11(14)9(3-7)15-4-6(5-17)1-10(15)16/h2-3,6,17H,1,4-5H2. The first-order chi connectivity index (χ1) is 8.02. The topological polar surface area (TPSA) is 20.3 Å². The molecule has 0 saturated carbocycles. The Kier molecular flexibility index (Phi) is 3.33. The Morgan fingerprint density at radius 3 is 2.65 bits per heavy atom. The second-order valence-electron chi connectivity index (χ2n) is 3.98. The van der Waals surface area contributed by atoms with Crippen molar-refractivity contribution in [2.75, 3.05) is 17.2 Å². The van der Waals surface area contributed by atoms with Crippen LogP contribution in [-0.4, -0.2) is 18.2 Å². The first-order valence-corrected chi connectivity index (χ1v) is 5.72. The van der Waals surface area contributed by atoms with Gasteiger partial charge in [-0.15, -0.1) is 0 Å². The molecule has 2 rings (SSSR count). The summed E-state index contributed by atoms with van der Waals surface area (Å²) in [5, 5.41) is 0. The number of amides is 1. The predicted octanol–water partition coefficient (Wildman–Crippen LogP) is 2.39. The lowest BCUT2D eigenvalue weighted by molar-refractivity contribution is -0.117. The Labute approximate surface area is 102 Å². The van der Waals surface area contributed by atoms with Gasteiger partial charge in [0.05, 0.1) is 5.69 Å². The summed E-state index contributed by atoms with van der Waals surface area (Å²) in [6.07, 6.45) is 0.223. The van der Waals surface area contributed by atoms with Gasteiger partial charge in [-0.1, -0.05) is 0 Å². The Bertz CT molecular complexity index is 466. The summed E-state index contributed by atoms with van der Waals surface area (Å²) in [4.78, 5) is 12.7. The summed E-state index contributed by atoms with van der Waals surface area (Å²) in [5.41, 5.74) is -0.336. The van der Waals surface area contributed by atoms with Crippen molar-refractivity contribution in [3.8, 4) is 0 Å². The first-order valence-electron chi connectivity index (χ1n) is 5.08. The van der Waals surface area contributed by atoms with Crippen molar-refractivity contribution >= 4 is 24.2 Å². The predicted molar refractivity (Wildman–Crippen MR) is 60.6 cm³/mol. The maximum atomic E-state index is 13.5. The van der Waals surface area contributed by atoms with Crippen molar-refractivity contribution in [2.24, 2.45) is 5.92 Å². The number of thiol groups is 1. The quantitative estimate of drug-likeness (QED) is 0.640. The van der Waals surface area contributed by atoms with Crippen molar-refractivity contribution in [3.63, 3.8) is 0 Å². The molecule has 1 heterocycles. The normalized spacial score (nSPS) is 20.1. The molecule has 2 nitrogen and oxygen atoms in total. The smallest absolute Gasteiger partial charge is 0.227 e. The van der Waals surface area contributed by atoms with Gasteiger partial charge in [-0.3, -0.25) is 4.79 Å². The van der Waals surface area contributed by atoms with E-state index >= 15 is 0 Å². The number of benzene rings is 1. The Balaban J connectivity index is 2.38. The van der Waals surface area contributed by atoms with Crippen molar-refractivity contribution in [3.05, 3.63) is 29.6 Å². The fourth-order valence-electron chi connectivity index (χ4n) is 1.88. The van der Waals surface area contributed by atoms with Crippen LogP contribution in [-0.2, 0) is 4.79 Å². The Morgan fingerprint density at radius 2 is 2.06 bits per heavy atom. The molecule has 1 aromatic rings. The molecule has 92 valence electrons. The summed E-state index contributed by atoms with van der Waals surface area (Å²) in [6, 6.07) is 1.28. The van der Waals surface area contributed by atoms with E-state index in [-0.39, 0.29) is 30.5 Å². The van der Waals surface area contributed by atoms with Crippen LogP contribution < -0.4 is 4.90 Å². The van der Waals surface area contributed by atoms with Gasteiger partial charge in [-0.25, -0.2) is 13.2 Å². The largest absolute Gasteiger partial charge is 0.309 e. The molecule has 1 saturated heterocycles. The third-order valence-corrected chi connectivity index (χ3v) is 3.24. The fraction of sp³-hybridized carbons (Fsp3) is 0.364. The number of carbonyl (C=O) groups excluding carboxylic acids is 1. The van der Waals surface area contributed by atoms with Crippen LogP contribution in [0.1, 0.15) is 6.42 Å². The second kappa shape index (κ2) is 4.60. The molecule has 0 aliphatic carbocycles. The SMILES string of the molecule is O=C1CC(CS)CN1c1cc(F)cc(F)c1F. The molecular weight excluding hydrogens is 251 g/mol. The van der Waals surface area contributed by atoms with E-state index < -0.39 is 17.5 Å². The highest BCUT2D eigenvalue weighted by Gasteiger charge is 2.32. The molecule has 1 aromatic carbocycles. The average Bonchev–Trinajstić information content (AvgIpc) is 2.65. The summed E-state index contributed by atoms with van der Waals surface area (Å²) < 4.78 is 39.5. The van der Waals surface area contributed by atoms with E-state index in [0.717, 1.165) is 11.0 Å². The van der Waals surface area contributed by atoms with Gasteiger partial charge in [-0.05, 0) is 11.7 Å². The van der Waals surface area contributed by atoms with Gasteiger partial charge in [0.2, 0.25) is 5.91 Å². The van der Waals surface area contributed by atoms with E-state index in [4.69, 9.17) is 0 Å². The average molecular weight is 261 g/mol. The van der Waals surface area contributed by atoms with E-state index in [1.165, 1.54) is 0 Å². The summed E-state index contributed by atoms with van der Waals surface area (Å²) in [6.45, 7) is 0.238. The van der Waals surface area contributed by atoms with Crippen molar-refractivity contribution < 1.29 is 18.0 Å². The monoisotopic (exact) mass is 261 g/mol. The molecule has 0 N–H and O–H groups in total. The molecule has 1 aliphatic heterocycles. The maximum absolute atomic E-state index is 13.5. The van der Waals surface area contributed by atoms with Crippen molar-refractivity contribution in [1.29, 1.82) is 0 Å². The van der Waals surface area contributed by atoms with Gasteiger partial charge in [0.25, 0.3) is 0 Å². The van der Waals surface area contributed by atoms with Crippen LogP contribution in [0.2, 0.25) is 0 Å². The minimum absolute atomic E-state index is 0.0171. The lowest BCUT2D eigenvalue weighted by Gasteiger charge is -2.17. The molecule has 1 atom stereocenters. The van der Waals surface area contributed by atoms with Crippen molar-refractivity contribution in [2.45, 2.75) is 6.42 Å². The summed E-state index contributed by atoms with van der Waals surface area (Å²) >= 11 is 4.06. The van der Waals surface area contributed by atoms with Crippen LogP contribution in [0, 0.1) is 23.4 Å². The molecule has 1 fully saturated rings. The van der Waals surface area contributed by atoms with Gasteiger partial charge in [0.15, 0.2) is 11.6 Å². The maximum Gasteiger partial charge on any atom is 0.227 e. The third-order valence-electron chi connectivity index (χ3n) is 2.73. The molecule has 0 spiro atoms. The van der Waals surface area contributed by atoms with Crippen molar-refractivity contribution in [1.82, 2.24) is 0 Å². The van der Waals surface area contributed by atoms with E-state index in [9.17, 15) is 18.0 Å². The number of anilines is 1.